The fraction of sp³-hybridized carbons (Fsp3) is 0.536. The van der Waals surface area contributed by atoms with Crippen LogP contribution in [0.1, 0.15) is 80.8 Å². The number of carboxylic acid groups (broad SMARTS) is 1. The van der Waals surface area contributed by atoms with Crippen LogP contribution in [0.3, 0.4) is 0 Å². The van der Waals surface area contributed by atoms with Gasteiger partial charge >= 0.3 is 12.1 Å². The van der Waals surface area contributed by atoms with Gasteiger partial charge in [0.25, 0.3) is 0 Å². The van der Waals surface area contributed by atoms with Crippen LogP contribution in [0.2, 0.25) is 0 Å². The number of benzene rings is 1. The van der Waals surface area contributed by atoms with Crippen LogP contribution >= 0.6 is 0 Å². The number of halogens is 3. The third-order valence-corrected chi connectivity index (χ3v) is 9.34. The lowest BCUT2D eigenvalue weighted by Gasteiger charge is -2.34. The molecule has 2 aromatic rings. The molecule has 0 atom stereocenters. The van der Waals surface area contributed by atoms with Crippen molar-refractivity contribution in [3.63, 3.8) is 0 Å². The van der Waals surface area contributed by atoms with Crippen molar-refractivity contribution in [1.29, 1.82) is 0 Å². The number of hydrogen-bond donors (Lipinski definition) is 2. The Morgan fingerprint density at radius 3 is 2.34 bits per heavy atom. The van der Waals surface area contributed by atoms with Crippen molar-refractivity contribution in [2.24, 2.45) is 11.8 Å². The van der Waals surface area contributed by atoms with E-state index < -0.39 is 38.9 Å². The number of nitrogens with one attached hydrogen (secondary N) is 1. The van der Waals surface area contributed by atoms with Crippen molar-refractivity contribution in [2.45, 2.75) is 83.3 Å². The molecule has 0 bridgehead atoms. The summed E-state index contributed by atoms with van der Waals surface area (Å²) in [6.45, 7) is 5.30. The van der Waals surface area contributed by atoms with Gasteiger partial charge in [-0.3, -0.25) is 4.79 Å². The average molecular weight is 598 g/mol. The van der Waals surface area contributed by atoms with Gasteiger partial charge in [0.1, 0.15) is 11.3 Å². The largest absolute Gasteiger partial charge is 0.478 e. The lowest BCUT2D eigenvalue weighted by molar-refractivity contribution is -0.139. The Hall–Kier alpha value is -3.19. The molecular weight excluding hydrogens is 563 g/mol. The second kappa shape index (κ2) is 12.0. The van der Waals surface area contributed by atoms with E-state index in [1.165, 1.54) is 17.0 Å². The van der Waals surface area contributed by atoms with Crippen LogP contribution in [0.5, 0.6) is 11.6 Å². The van der Waals surface area contributed by atoms with Crippen LogP contribution in [0.15, 0.2) is 30.5 Å². The van der Waals surface area contributed by atoms with Crippen molar-refractivity contribution in [2.75, 3.05) is 4.90 Å². The van der Waals surface area contributed by atoms with Crippen LogP contribution in [-0.4, -0.2) is 41.7 Å². The van der Waals surface area contributed by atoms with Gasteiger partial charge in [0.2, 0.25) is 21.8 Å². The number of amides is 1. The number of pyridine rings is 1. The van der Waals surface area contributed by atoms with Crippen molar-refractivity contribution in [3.8, 4) is 11.6 Å². The van der Waals surface area contributed by atoms with Gasteiger partial charge in [-0.25, -0.2) is 22.9 Å². The SMILES string of the molecule is CC(C)N(c1ccc(Oc2ncc(CNS(=O)(=O)C3CC3)cc2C(F)(F)F)cc1C(=O)O)C(=O)[C@H]1CC[C@H](C)CC1. The lowest BCUT2D eigenvalue weighted by Crippen LogP contribution is -2.42. The Balaban J connectivity index is 1.61. The monoisotopic (exact) mass is 597 g/mol. The topological polar surface area (TPSA) is 126 Å². The number of rotatable bonds is 10. The molecule has 2 saturated carbocycles. The Kier molecular flexibility index (Phi) is 8.98. The molecule has 0 unspecified atom stereocenters. The highest BCUT2D eigenvalue weighted by molar-refractivity contribution is 7.90. The molecule has 1 heterocycles. The van der Waals surface area contributed by atoms with Gasteiger partial charge in [-0.2, -0.15) is 13.2 Å². The number of ether oxygens (including phenoxy) is 1. The van der Waals surface area contributed by atoms with Crippen LogP contribution in [-0.2, 0) is 27.5 Å². The van der Waals surface area contributed by atoms with Gasteiger partial charge in [0, 0.05) is 24.7 Å². The highest BCUT2D eigenvalue weighted by atomic mass is 32.2. The first-order valence-corrected chi connectivity index (χ1v) is 15.1. The van der Waals surface area contributed by atoms with Crippen LogP contribution in [0, 0.1) is 11.8 Å². The minimum absolute atomic E-state index is 0.0151. The Labute approximate surface area is 237 Å². The summed E-state index contributed by atoms with van der Waals surface area (Å²) in [6, 6.07) is 4.11. The quantitative estimate of drug-likeness (QED) is 0.358. The summed E-state index contributed by atoms with van der Waals surface area (Å²) in [5.74, 6) is -2.30. The molecule has 0 spiro atoms. The molecule has 9 nitrogen and oxygen atoms in total. The zero-order valence-corrected chi connectivity index (χ0v) is 23.9. The summed E-state index contributed by atoms with van der Waals surface area (Å²) in [7, 11) is -3.61. The van der Waals surface area contributed by atoms with Gasteiger partial charge < -0.3 is 14.7 Å². The maximum Gasteiger partial charge on any atom is 0.421 e. The molecule has 2 aliphatic carbocycles. The zero-order valence-electron chi connectivity index (χ0n) is 23.1. The first kappa shape index (κ1) is 30.8. The van der Waals surface area contributed by atoms with E-state index in [2.05, 4.69) is 16.6 Å². The van der Waals surface area contributed by atoms with Crippen LogP contribution in [0.4, 0.5) is 18.9 Å². The highest BCUT2D eigenvalue weighted by Gasteiger charge is 2.38. The van der Waals surface area contributed by atoms with E-state index in [1.807, 2.05) is 0 Å². The molecule has 0 aliphatic heterocycles. The molecule has 224 valence electrons. The summed E-state index contributed by atoms with van der Waals surface area (Å²) >= 11 is 0. The van der Waals surface area contributed by atoms with Gasteiger partial charge in [-0.1, -0.05) is 6.92 Å². The predicted molar refractivity (Wildman–Crippen MR) is 145 cm³/mol. The molecule has 41 heavy (non-hydrogen) atoms. The van der Waals surface area contributed by atoms with Gasteiger partial charge in [0.15, 0.2) is 0 Å². The van der Waals surface area contributed by atoms with E-state index in [0.717, 1.165) is 31.2 Å². The van der Waals surface area contributed by atoms with E-state index in [1.54, 1.807) is 13.8 Å². The Morgan fingerprint density at radius 2 is 1.78 bits per heavy atom. The normalized spacial score (nSPS) is 19.7. The third-order valence-electron chi connectivity index (χ3n) is 7.45. The van der Waals surface area contributed by atoms with E-state index in [4.69, 9.17) is 4.74 Å². The molecule has 2 N–H and O–H groups in total. The number of carbonyl (C=O) groups is 2. The molecule has 4 rings (SSSR count). The lowest BCUT2D eigenvalue weighted by atomic mass is 9.82. The number of sulfonamides is 1. The summed E-state index contributed by atoms with van der Waals surface area (Å²) < 4.78 is 73.5. The third kappa shape index (κ3) is 7.37. The Bertz CT molecular complexity index is 1400. The number of aromatic nitrogens is 1. The van der Waals surface area contributed by atoms with E-state index in [9.17, 15) is 36.3 Å². The first-order valence-electron chi connectivity index (χ1n) is 13.6. The fourth-order valence-corrected chi connectivity index (χ4v) is 6.34. The van der Waals surface area contributed by atoms with Gasteiger partial charge in [0.05, 0.1) is 16.5 Å². The number of anilines is 1. The summed E-state index contributed by atoms with van der Waals surface area (Å²) in [5.41, 5.74) is -1.43. The number of carboxylic acids is 1. The maximum absolute atomic E-state index is 13.9. The molecule has 1 aromatic carbocycles. The van der Waals surface area contributed by atoms with Crippen molar-refractivity contribution in [3.05, 3.63) is 47.2 Å². The molecule has 2 aliphatic rings. The molecule has 0 saturated heterocycles. The number of carbonyl (C=O) groups excluding carboxylic acids is 1. The summed E-state index contributed by atoms with van der Waals surface area (Å²) in [4.78, 5) is 30.9. The molecule has 0 radical (unpaired) electrons. The highest BCUT2D eigenvalue weighted by Crippen LogP contribution is 2.39. The number of nitrogens with zero attached hydrogens (tertiary/aromatic N) is 2. The second-order valence-corrected chi connectivity index (χ2v) is 13.1. The van der Waals surface area contributed by atoms with Crippen molar-refractivity contribution >= 4 is 27.6 Å². The molecule has 2 fully saturated rings. The first-order chi connectivity index (χ1) is 19.2. The number of alkyl halides is 3. The smallest absolute Gasteiger partial charge is 0.421 e. The average Bonchev–Trinajstić information content (AvgIpc) is 3.75. The number of hydrogen-bond acceptors (Lipinski definition) is 6. The van der Waals surface area contributed by atoms with Gasteiger partial charge in [-0.15, -0.1) is 0 Å². The molecule has 13 heteroatoms. The van der Waals surface area contributed by atoms with Crippen molar-refractivity contribution < 1.29 is 41.0 Å². The predicted octanol–water partition coefficient (Wildman–Crippen LogP) is 5.74. The van der Waals surface area contributed by atoms with Crippen LogP contribution in [0.25, 0.3) is 0 Å². The Morgan fingerprint density at radius 1 is 1.12 bits per heavy atom. The van der Waals surface area contributed by atoms with E-state index in [0.29, 0.717) is 31.6 Å². The van der Waals surface area contributed by atoms with Crippen molar-refractivity contribution in [1.82, 2.24) is 9.71 Å². The van der Waals surface area contributed by atoms with Crippen LogP contribution < -0.4 is 14.4 Å². The standard InChI is InChI=1S/C28H34F3N3O6S/c1-16(2)34(26(35)19-6-4-17(3)5-7-19)24-11-8-20(13-22(24)27(36)37)40-25-23(28(29,30)31)12-18(14-32-25)15-33-41(38,39)21-9-10-21/h8,11-14,16-17,19,21,33H,4-7,9-10,15H2,1-3H3,(H,36,37)/t17-,19-. The molecular formula is C28H34F3N3O6S. The minimum Gasteiger partial charge on any atom is -0.478 e. The van der Waals surface area contributed by atoms with E-state index in [-0.39, 0.29) is 47.0 Å². The summed E-state index contributed by atoms with van der Waals surface area (Å²) in [5, 5.41) is 9.43. The molecule has 1 amide bonds. The zero-order chi connectivity index (χ0) is 30.1. The molecule has 1 aromatic heterocycles. The van der Waals surface area contributed by atoms with Gasteiger partial charge in [-0.05, 0) is 88.1 Å². The van der Waals surface area contributed by atoms with E-state index >= 15 is 0 Å². The minimum atomic E-state index is -4.89. The fourth-order valence-electron chi connectivity index (χ4n) is 4.98. The number of aromatic carboxylic acids is 1. The second-order valence-electron chi connectivity index (χ2n) is 11.1. The summed E-state index contributed by atoms with van der Waals surface area (Å²) in [6.07, 6.45) is 0.412. The maximum atomic E-state index is 13.9.